The number of nitrogens with zero attached hydrogens (tertiary/aromatic N) is 3. The third-order valence-electron chi connectivity index (χ3n) is 1.52. The van der Waals surface area contributed by atoms with Crippen LogP contribution >= 0.6 is 11.6 Å². The van der Waals surface area contributed by atoms with Crippen molar-refractivity contribution < 1.29 is 0 Å². The first-order valence-electron chi connectivity index (χ1n) is 3.76. The van der Waals surface area contributed by atoms with Crippen LogP contribution in [-0.2, 0) is 0 Å². The van der Waals surface area contributed by atoms with Gasteiger partial charge in [0.2, 0.25) is 0 Å². The first kappa shape index (κ1) is 8.13. The van der Waals surface area contributed by atoms with E-state index in [1.165, 1.54) is 0 Å². The highest BCUT2D eigenvalue weighted by atomic mass is 35.5. The van der Waals surface area contributed by atoms with Gasteiger partial charge in [0.15, 0.2) is 5.82 Å². The molecule has 0 amide bonds. The lowest BCUT2D eigenvalue weighted by molar-refractivity contribution is 1.14. The molecule has 64 valence electrons. The second kappa shape index (κ2) is 3.49. The van der Waals surface area contributed by atoms with Crippen LogP contribution in [0.15, 0.2) is 36.7 Å². The van der Waals surface area contributed by atoms with Crippen molar-refractivity contribution in [3.63, 3.8) is 0 Å². The first-order chi connectivity index (χ1) is 6.36. The molecule has 0 aliphatic rings. The predicted octanol–water partition coefficient (Wildman–Crippen LogP) is 2.19. The summed E-state index contributed by atoms with van der Waals surface area (Å²) in [5.74, 6) is 0.549. The lowest BCUT2D eigenvalue weighted by Crippen LogP contribution is -1.89. The van der Waals surface area contributed by atoms with Crippen LogP contribution in [0.3, 0.4) is 0 Å². The van der Waals surface area contributed by atoms with Gasteiger partial charge in [0.25, 0.3) is 0 Å². The highest BCUT2D eigenvalue weighted by Crippen LogP contribution is 2.12. The molecular weight excluding hydrogens is 186 g/mol. The fourth-order valence-corrected chi connectivity index (χ4v) is 1.09. The van der Waals surface area contributed by atoms with E-state index in [0.717, 1.165) is 5.69 Å². The highest BCUT2D eigenvalue weighted by molar-refractivity contribution is 6.29. The Morgan fingerprint density at radius 2 is 1.92 bits per heavy atom. The normalized spacial score (nSPS) is 9.92. The van der Waals surface area contributed by atoms with Crippen molar-refractivity contribution in [2.45, 2.75) is 0 Å². The van der Waals surface area contributed by atoms with Crippen LogP contribution < -0.4 is 0 Å². The van der Waals surface area contributed by atoms with Gasteiger partial charge in [0.1, 0.15) is 10.8 Å². The average molecular weight is 192 g/mol. The minimum atomic E-state index is 0.427. The van der Waals surface area contributed by atoms with E-state index in [2.05, 4.69) is 15.0 Å². The minimum Gasteiger partial charge on any atom is -0.253 e. The summed E-state index contributed by atoms with van der Waals surface area (Å²) in [4.78, 5) is 12.2. The molecule has 0 fully saturated rings. The smallest absolute Gasteiger partial charge is 0.179 e. The van der Waals surface area contributed by atoms with Crippen LogP contribution in [-0.4, -0.2) is 15.0 Å². The minimum absolute atomic E-state index is 0.427. The third-order valence-corrected chi connectivity index (χ3v) is 1.73. The van der Waals surface area contributed by atoms with Crippen LogP contribution in [0.2, 0.25) is 5.15 Å². The Kier molecular flexibility index (Phi) is 2.19. The van der Waals surface area contributed by atoms with E-state index in [4.69, 9.17) is 11.6 Å². The molecule has 0 bridgehead atoms. The SMILES string of the molecule is Clc1ccnc(-c2ccccn2)n1. The maximum Gasteiger partial charge on any atom is 0.179 e. The van der Waals surface area contributed by atoms with Crippen LogP contribution in [0, 0.1) is 0 Å². The van der Waals surface area contributed by atoms with Crippen molar-refractivity contribution in [1.82, 2.24) is 15.0 Å². The average Bonchev–Trinajstić information content (AvgIpc) is 2.19. The maximum atomic E-state index is 5.72. The number of pyridine rings is 1. The summed E-state index contributed by atoms with van der Waals surface area (Å²) < 4.78 is 0. The van der Waals surface area contributed by atoms with Gasteiger partial charge in [-0.15, -0.1) is 0 Å². The van der Waals surface area contributed by atoms with Crippen LogP contribution in [0.1, 0.15) is 0 Å². The molecule has 0 atom stereocenters. The van der Waals surface area contributed by atoms with Crippen LogP contribution in [0.5, 0.6) is 0 Å². The van der Waals surface area contributed by atoms with Crippen molar-refractivity contribution in [1.29, 1.82) is 0 Å². The van der Waals surface area contributed by atoms with Gasteiger partial charge >= 0.3 is 0 Å². The Bertz CT molecular complexity index is 403. The van der Waals surface area contributed by atoms with Crippen molar-refractivity contribution in [2.24, 2.45) is 0 Å². The highest BCUT2D eigenvalue weighted by Gasteiger charge is 2.00. The molecule has 0 radical (unpaired) electrons. The van der Waals surface area contributed by atoms with Gasteiger partial charge < -0.3 is 0 Å². The Hall–Kier alpha value is -1.48. The summed E-state index contributed by atoms with van der Waals surface area (Å²) in [6, 6.07) is 7.19. The lowest BCUT2D eigenvalue weighted by atomic mass is 10.3. The van der Waals surface area contributed by atoms with Crippen LogP contribution in [0.25, 0.3) is 11.5 Å². The number of aromatic nitrogens is 3. The molecule has 3 nitrogen and oxygen atoms in total. The van der Waals surface area contributed by atoms with Gasteiger partial charge in [-0.2, -0.15) is 0 Å². The molecular formula is C9H6ClN3. The molecule has 0 unspecified atom stereocenters. The Morgan fingerprint density at radius 1 is 1.00 bits per heavy atom. The summed E-state index contributed by atoms with van der Waals surface area (Å²) >= 11 is 5.72. The third kappa shape index (κ3) is 1.81. The van der Waals surface area contributed by atoms with E-state index in [1.54, 1.807) is 18.5 Å². The number of halogens is 1. The molecule has 0 saturated heterocycles. The van der Waals surface area contributed by atoms with Gasteiger partial charge in [0, 0.05) is 12.4 Å². The summed E-state index contributed by atoms with van der Waals surface area (Å²) in [5.41, 5.74) is 0.727. The number of rotatable bonds is 1. The van der Waals surface area contributed by atoms with E-state index in [9.17, 15) is 0 Å². The zero-order valence-corrected chi connectivity index (χ0v) is 7.44. The van der Waals surface area contributed by atoms with Crippen molar-refractivity contribution in [2.75, 3.05) is 0 Å². The Morgan fingerprint density at radius 3 is 2.62 bits per heavy atom. The van der Waals surface area contributed by atoms with Crippen molar-refractivity contribution in [3.8, 4) is 11.5 Å². The Labute approximate surface area is 80.5 Å². The van der Waals surface area contributed by atoms with E-state index in [0.29, 0.717) is 11.0 Å². The molecule has 0 spiro atoms. The second-order valence-corrected chi connectivity index (χ2v) is 2.81. The fraction of sp³-hybridized carbons (Fsp3) is 0. The largest absolute Gasteiger partial charge is 0.253 e. The molecule has 13 heavy (non-hydrogen) atoms. The fourth-order valence-electron chi connectivity index (χ4n) is 0.955. The van der Waals surface area contributed by atoms with Crippen LogP contribution in [0.4, 0.5) is 0 Å². The van der Waals surface area contributed by atoms with Gasteiger partial charge in [-0.1, -0.05) is 17.7 Å². The zero-order chi connectivity index (χ0) is 9.10. The molecule has 0 N–H and O–H groups in total. The van der Waals surface area contributed by atoms with E-state index >= 15 is 0 Å². The lowest BCUT2D eigenvalue weighted by Gasteiger charge is -1.97. The number of hydrogen-bond donors (Lipinski definition) is 0. The molecule has 0 aromatic carbocycles. The molecule has 2 rings (SSSR count). The maximum absolute atomic E-state index is 5.72. The summed E-state index contributed by atoms with van der Waals surface area (Å²) in [7, 11) is 0. The van der Waals surface area contributed by atoms with Gasteiger partial charge in [-0.25, -0.2) is 9.97 Å². The molecule has 0 aliphatic carbocycles. The number of hydrogen-bond acceptors (Lipinski definition) is 3. The topological polar surface area (TPSA) is 38.7 Å². The van der Waals surface area contributed by atoms with Gasteiger partial charge in [0.05, 0.1) is 0 Å². The molecule has 4 heteroatoms. The molecule has 0 aliphatic heterocycles. The molecule has 2 aromatic heterocycles. The predicted molar refractivity (Wildman–Crippen MR) is 50.3 cm³/mol. The van der Waals surface area contributed by atoms with E-state index in [-0.39, 0.29) is 0 Å². The van der Waals surface area contributed by atoms with E-state index in [1.807, 2.05) is 18.2 Å². The Balaban J connectivity index is 2.48. The monoisotopic (exact) mass is 191 g/mol. The zero-order valence-electron chi connectivity index (χ0n) is 6.68. The standard InChI is InChI=1S/C9H6ClN3/c10-8-4-6-12-9(13-8)7-3-1-2-5-11-7/h1-6H. The van der Waals surface area contributed by atoms with Crippen molar-refractivity contribution >= 4 is 11.6 Å². The first-order valence-corrected chi connectivity index (χ1v) is 4.14. The van der Waals surface area contributed by atoms with E-state index < -0.39 is 0 Å². The quantitative estimate of drug-likeness (QED) is 0.649. The molecule has 2 aromatic rings. The molecule has 2 heterocycles. The molecule has 0 saturated carbocycles. The summed E-state index contributed by atoms with van der Waals surface area (Å²) in [6.45, 7) is 0. The van der Waals surface area contributed by atoms with Crippen molar-refractivity contribution in [3.05, 3.63) is 41.8 Å². The second-order valence-electron chi connectivity index (χ2n) is 2.42. The summed E-state index contributed by atoms with van der Waals surface area (Å²) in [6.07, 6.45) is 3.30. The summed E-state index contributed by atoms with van der Waals surface area (Å²) in [5, 5.41) is 0.427. The van der Waals surface area contributed by atoms with Gasteiger partial charge in [-0.05, 0) is 18.2 Å². The van der Waals surface area contributed by atoms with Gasteiger partial charge in [-0.3, -0.25) is 4.98 Å².